The molecule has 114 valence electrons. The molecule has 0 saturated carbocycles. The molecule has 0 N–H and O–H groups in total. The third-order valence-electron chi connectivity index (χ3n) is 4.66. The predicted molar refractivity (Wildman–Crippen MR) is 80.0 cm³/mol. The number of likely N-dealkylation sites (tertiary alicyclic amines) is 1. The van der Waals surface area contributed by atoms with Gasteiger partial charge in [-0.25, -0.2) is 9.97 Å². The number of amides is 1. The van der Waals surface area contributed by atoms with Gasteiger partial charge in [-0.05, 0) is 25.1 Å². The molecule has 1 amide bonds. The summed E-state index contributed by atoms with van der Waals surface area (Å²) < 4.78 is 5.42. The van der Waals surface area contributed by atoms with Crippen LogP contribution in [0.3, 0.4) is 0 Å². The van der Waals surface area contributed by atoms with E-state index in [1.54, 1.807) is 18.7 Å². The zero-order valence-electron chi connectivity index (χ0n) is 12.3. The fourth-order valence-corrected chi connectivity index (χ4v) is 3.62. The molecule has 1 atom stereocenters. The van der Waals surface area contributed by atoms with E-state index in [1.807, 2.05) is 17.0 Å². The molecule has 0 aromatic carbocycles. The summed E-state index contributed by atoms with van der Waals surface area (Å²) in [6.45, 7) is 3.52. The smallest absolute Gasteiger partial charge is 0.227 e. The molecule has 1 spiro atoms. The van der Waals surface area contributed by atoms with E-state index in [0.717, 1.165) is 44.0 Å². The molecular weight excluding hydrogens is 280 g/mol. The average molecular weight is 298 g/mol. The topological polar surface area (TPSA) is 62.5 Å². The van der Waals surface area contributed by atoms with Gasteiger partial charge >= 0.3 is 0 Å². The maximum atomic E-state index is 12.4. The summed E-state index contributed by atoms with van der Waals surface area (Å²) in [5, 5.41) is 0. The minimum absolute atomic E-state index is 0.0551. The highest BCUT2D eigenvalue weighted by molar-refractivity contribution is 5.96. The zero-order chi connectivity index (χ0) is 15.0. The Kier molecular flexibility index (Phi) is 3.18. The highest BCUT2D eigenvalue weighted by atomic mass is 16.3. The van der Waals surface area contributed by atoms with Crippen LogP contribution in [0.1, 0.15) is 18.6 Å². The number of aromatic nitrogens is 2. The van der Waals surface area contributed by atoms with E-state index in [4.69, 9.17) is 4.42 Å². The molecule has 0 bridgehead atoms. The van der Waals surface area contributed by atoms with Gasteiger partial charge < -0.3 is 9.32 Å². The second-order valence-electron chi connectivity index (χ2n) is 6.29. The lowest BCUT2D eigenvalue weighted by Crippen LogP contribution is -2.31. The lowest BCUT2D eigenvalue weighted by atomic mass is 9.86. The number of anilines is 1. The van der Waals surface area contributed by atoms with Crippen molar-refractivity contribution in [1.29, 1.82) is 0 Å². The Labute approximate surface area is 128 Å². The number of carbonyl (C=O) groups excluding carboxylic acids is 1. The largest absolute Gasteiger partial charge is 0.468 e. The molecule has 6 heteroatoms. The summed E-state index contributed by atoms with van der Waals surface area (Å²) in [5.74, 6) is 1.16. The van der Waals surface area contributed by atoms with E-state index in [1.165, 1.54) is 6.33 Å². The molecule has 4 rings (SSSR count). The number of nitrogens with zero attached hydrogens (tertiary/aromatic N) is 4. The van der Waals surface area contributed by atoms with Crippen LogP contribution < -0.4 is 4.90 Å². The molecule has 22 heavy (non-hydrogen) atoms. The second-order valence-corrected chi connectivity index (χ2v) is 6.29. The van der Waals surface area contributed by atoms with Crippen molar-refractivity contribution < 1.29 is 9.21 Å². The van der Waals surface area contributed by atoms with Gasteiger partial charge in [0.15, 0.2) is 0 Å². The van der Waals surface area contributed by atoms with Gasteiger partial charge in [0.05, 0.1) is 30.9 Å². The lowest BCUT2D eigenvalue weighted by Gasteiger charge is -2.23. The van der Waals surface area contributed by atoms with E-state index in [0.29, 0.717) is 6.42 Å². The van der Waals surface area contributed by atoms with Gasteiger partial charge in [0.1, 0.15) is 12.1 Å². The van der Waals surface area contributed by atoms with Crippen LogP contribution in [-0.4, -0.2) is 40.4 Å². The lowest BCUT2D eigenvalue weighted by molar-refractivity contribution is -0.117. The first-order valence-electron chi connectivity index (χ1n) is 7.54. The first-order valence-corrected chi connectivity index (χ1v) is 7.54. The maximum Gasteiger partial charge on any atom is 0.227 e. The molecule has 2 fully saturated rings. The van der Waals surface area contributed by atoms with Crippen LogP contribution in [0.2, 0.25) is 0 Å². The summed E-state index contributed by atoms with van der Waals surface area (Å²) in [5.41, 5.74) is 0.855. The Hall–Kier alpha value is -2.21. The highest BCUT2D eigenvalue weighted by Gasteiger charge is 2.47. The Morgan fingerprint density at radius 2 is 2.14 bits per heavy atom. The fraction of sp³-hybridized carbons (Fsp3) is 0.438. The van der Waals surface area contributed by atoms with Gasteiger partial charge in [0.25, 0.3) is 0 Å². The average Bonchev–Trinajstić information content (AvgIpc) is 3.23. The van der Waals surface area contributed by atoms with E-state index < -0.39 is 0 Å². The van der Waals surface area contributed by atoms with Crippen LogP contribution in [-0.2, 0) is 11.3 Å². The van der Waals surface area contributed by atoms with Crippen LogP contribution in [0.25, 0.3) is 0 Å². The standard InChI is InChI=1S/C16H18N4O2/c21-15-6-16(11-20(15)13-7-17-12-18-8-13)3-4-19(10-16)9-14-2-1-5-22-14/h1-2,5,7-8,12H,3-4,6,9-11H2. The molecule has 2 aromatic rings. The summed E-state index contributed by atoms with van der Waals surface area (Å²) in [6, 6.07) is 3.91. The van der Waals surface area contributed by atoms with Crippen LogP contribution in [0, 0.1) is 5.41 Å². The van der Waals surface area contributed by atoms with Gasteiger partial charge in [0, 0.05) is 24.9 Å². The number of hydrogen-bond donors (Lipinski definition) is 0. The van der Waals surface area contributed by atoms with Gasteiger partial charge in [-0.15, -0.1) is 0 Å². The van der Waals surface area contributed by atoms with Gasteiger partial charge in [0.2, 0.25) is 5.91 Å². The Balaban J connectivity index is 1.46. The summed E-state index contributed by atoms with van der Waals surface area (Å²) in [7, 11) is 0. The monoisotopic (exact) mass is 298 g/mol. The molecule has 0 aliphatic carbocycles. The molecule has 6 nitrogen and oxygen atoms in total. The van der Waals surface area contributed by atoms with Crippen molar-refractivity contribution in [2.45, 2.75) is 19.4 Å². The van der Waals surface area contributed by atoms with E-state index in [2.05, 4.69) is 14.9 Å². The van der Waals surface area contributed by atoms with Crippen molar-refractivity contribution >= 4 is 11.6 Å². The third kappa shape index (κ3) is 2.39. The third-order valence-corrected chi connectivity index (χ3v) is 4.66. The van der Waals surface area contributed by atoms with E-state index in [9.17, 15) is 4.79 Å². The summed E-state index contributed by atoms with van der Waals surface area (Å²) >= 11 is 0. The van der Waals surface area contributed by atoms with Crippen LogP contribution in [0.5, 0.6) is 0 Å². The number of carbonyl (C=O) groups is 1. The van der Waals surface area contributed by atoms with Crippen molar-refractivity contribution in [2.75, 3.05) is 24.5 Å². The van der Waals surface area contributed by atoms with Crippen molar-refractivity contribution in [2.24, 2.45) is 5.41 Å². The number of rotatable bonds is 3. The van der Waals surface area contributed by atoms with Crippen LogP contribution in [0.4, 0.5) is 5.69 Å². The second kappa shape index (κ2) is 5.21. The SMILES string of the molecule is O=C1CC2(CCN(Cc3ccco3)C2)CN1c1cncnc1. The number of hydrogen-bond acceptors (Lipinski definition) is 5. The summed E-state index contributed by atoms with van der Waals surface area (Å²) in [6.07, 6.45) is 8.26. The normalized spacial score (nSPS) is 25.5. The van der Waals surface area contributed by atoms with Crippen LogP contribution in [0.15, 0.2) is 41.5 Å². The van der Waals surface area contributed by atoms with Gasteiger partial charge in [-0.3, -0.25) is 9.69 Å². The minimum Gasteiger partial charge on any atom is -0.468 e. The Morgan fingerprint density at radius 3 is 2.91 bits per heavy atom. The van der Waals surface area contributed by atoms with Crippen LogP contribution >= 0.6 is 0 Å². The zero-order valence-corrected chi connectivity index (χ0v) is 12.3. The fourth-order valence-electron chi connectivity index (χ4n) is 3.62. The summed E-state index contributed by atoms with van der Waals surface area (Å²) in [4.78, 5) is 24.6. The van der Waals surface area contributed by atoms with Crippen molar-refractivity contribution in [3.8, 4) is 0 Å². The molecule has 0 radical (unpaired) electrons. The Bertz CT molecular complexity index is 658. The first kappa shape index (κ1) is 13.5. The quantitative estimate of drug-likeness (QED) is 0.863. The van der Waals surface area contributed by atoms with Gasteiger partial charge in [-0.2, -0.15) is 0 Å². The van der Waals surface area contributed by atoms with E-state index in [-0.39, 0.29) is 11.3 Å². The van der Waals surface area contributed by atoms with Crippen molar-refractivity contribution in [3.05, 3.63) is 42.9 Å². The highest BCUT2D eigenvalue weighted by Crippen LogP contribution is 2.41. The molecule has 2 aliphatic rings. The maximum absolute atomic E-state index is 12.4. The Morgan fingerprint density at radius 1 is 1.27 bits per heavy atom. The molecule has 1 unspecified atom stereocenters. The van der Waals surface area contributed by atoms with Gasteiger partial charge in [-0.1, -0.05) is 0 Å². The molecule has 2 aliphatic heterocycles. The molecular formula is C16H18N4O2. The molecule has 4 heterocycles. The van der Waals surface area contributed by atoms with Crippen molar-refractivity contribution in [3.63, 3.8) is 0 Å². The molecule has 2 aromatic heterocycles. The molecule has 2 saturated heterocycles. The van der Waals surface area contributed by atoms with Crippen molar-refractivity contribution in [1.82, 2.24) is 14.9 Å². The number of furan rings is 1. The van der Waals surface area contributed by atoms with E-state index >= 15 is 0 Å². The first-order chi connectivity index (χ1) is 10.7. The predicted octanol–water partition coefficient (Wildman–Crippen LogP) is 1.70. The minimum atomic E-state index is 0.0551.